The van der Waals surface area contributed by atoms with Gasteiger partial charge >= 0.3 is 5.97 Å². The van der Waals surface area contributed by atoms with E-state index in [1.807, 2.05) is 0 Å². The fraction of sp³-hybridized carbons (Fsp3) is 0.111. The standard InChI is InChI=1S/C18H13BrClF2NO3/c1-10(18(25)23-16-6-4-13(21)9-14(16)20)26-17(24)7-2-11-8-12(19)3-5-15(11)22/h2-10H,1H3,(H,23,25)/b7-2+. The molecule has 1 atom stereocenters. The molecule has 0 saturated carbocycles. The Hall–Kier alpha value is -2.25. The Morgan fingerprint density at radius 1 is 1.23 bits per heavy atom. The van der Waals surface area contributed by atoms with Crippen LogP contribution < -0.4 is 5.32 Å². The minimum absolute atomic E-state index is 0.0157. The lowest BCUT2D eigenvalue weighted by molar-refractivity contribution is -0.148. The van der Waals surface area contributed by atoms with Crippen LogP contribution in [-0.2, 0) is 14.3 Å². The number of amides is 1. The van der Waals surface area contributed by atoms with Crippen molar-refractivity contribution < 1.29 is 23.1 Å². The molecule has 2 aromatic carbocycles. The van der Waals surface area contributed by atoms with Crippen LogP contribution in [0.15, 0.2) is 46.9 Å². The second kappa shape index (κ2) is 8.91. The summed E-state index contributed by atoms with van der Waals surface area (Å²) in [7, 11) is 0. The second-order valence-electron chi connectivity index (χ2n) is 5.19. The summed E-state index contributed by atoms with van der Waals surface area (Å²) in [6, 6.07) is 7.73. The van der Waals surface area contributed by atoms with Crippen molar-refractivity contribution in [1.29, 1.82) is 0 Å². The number of anilines is 1. The van der Waals surface area contributed by atoms with Gasteiger partial charge in [0.05, 0.1) is 10.7 Å². The average molecular weight is 445 g/mol. The summed E-state index contributed by atoms with van der Waals surface area (Å²) in [4.78, 5) is 23.8. The number of esters is 1. The van der Waals surface area contributed by atoms with Crippen molar-refractivity contribution in [3.8, 4) is 0 Å². The normalized spacial score (nSPS) is 12.0. The van der Waals surface area contributed by atoms with Crippen LogP contribution in [0.2, 0.25) is 5.02 Å². The van der Waals surface area contributed by atoms with Gasteiger partial charge in [0.15, 0.2) is 6.10 Å². The molecule has 2 rings (SSSR count). The molecule has 0 heterocycles. The highest BCUT2D eigenvalue weighted by Crippen LogP contribution is 2.22. The first kappa shape index (κ1) is 20.1. The summed E-state index contributed by atoms with van der Waals surface area (Å²) in [5, 5.41) is 2.44. The van der Waals surface area contributed by atoms with E-state index in [0.717, 1.165) is 18.2 Å². The highest BCUT2D eigenvalue weighted by atomic mass is 79.9. The van der Waals surface area contributed by atoms with E-state index in [2.05, 4.69) is 21.2 Å². The Balaban J connectivity index is 1.96. The molecule has 1 N–H and O–H groups in total. The number of rotatable bonds is 5. The van der Waals surface area contributed by atoms with Crippen molar-refractivity contribution in [2.75, 3.05) is 5.32 Å². The van der Waals surface area contributed by atoms with Crippen LogP contribution in [0.4, 0.5) is 14.5 Å². The van der Waals surface area contributed by atoms with Crippen molar-refractivity contribution in [2.24, 2.45) is 0 Å². The highest BCUT2D eigenvalue weighted by Gasteiger charge is 2.18. The van der Waals surface area contributed by atoms with Crippen LogP contribution in [-0.4, -0.2) is 18.0 Å². The largest absolute Gasteiger partial charge is 0.449 e. The first-order valence-electron chi connectivity index (χ1n) is 7.36. The molecule has 0 aliphatic rings. The number of carbonyl (C=O) groups excluding carboxylic acids is 2. The molecule has 0 bridgehead atoms. The van der Waals surface area contributed by atoms with Crippen LogP contribution >= 0.6 is 27.5 Å². The van der Waals surface area contributed by atoms with E-state index in [9.17, 15) is 18.4 Å². The number of benzene rings is 2. The fourth-order valence-electron chi connectivity index (χ4n) is 1.89. The van der Waals surface area contributed by atoms with Crippen molar-refractivity contribution in [3.63, 3.8) is 0 Å². The van der Waals surface area contributed by atoms with E-state index in [0.29, 0.717) is 4.47 Å². The molecular weight excluding hydrogens is 432 g/mol. The number of halogens is 4. The number of ether oxygens (including phenoxy) is 1. The molecule has 0 aromatic heterocycles. The SMILES string of the molecule is CC(OC(=O)/C=C/c1cc(Br)ccc1F)C(=O)Nc1ccc(F)cc1Cl. The summed E-state index contributed by atoms with van der Waals surface area (Å²) >= 11 is 9.02. The Labute approximate surface area is 161 Å². The van der Waals surface area contributed by atoms with E-state index >= 15 is 0 Å². The molecule has 4 nitrogen and oxygen atoms in total. The molecule has 1 amide bonds. The maximum absolute atomic E-state index is 13.6. The zero-order chi connectivity index (χ0) is 19.3. The van der Waals surface area contributed by atoms with Crippen LogP contribution in [0, 0.1) is 11.6 Å². The molecule has 0 aliphatic carbocycles. The van der Waals surface area contributed by atoms with Gasteiger partial charge in [0, 0.05) is 16.1 Å². The third-order valence-corrected chi connectivity index (χ3v) is 4.01. The van der Waals surface area contributed by atoms with Crippen LogP contribution in [0.25, 0.3) is 6.08 Å². The van der Waals surface area contributed by atoms with Gasteiger partial charge in [-0.2, -0.15) is 0 Å². The van der Waals surface area contributed by atoms with E-state index in [4.69, 9.17) is 16.3 Å². The maximum atomic E-state index is 13.6. The third-order valence-electron chi connectivity index (χ3n) is 3.21. The number of nitrogens with one attached hydrogen (secondary N) is 1. The number of carbonyl (C=O) groups is 2. The maximum Gasteiger partial charge on any atom is 0.331 e. The molecule has 2 aromatic rings. The molecule has 8 heteroatoms. The molecule has 26 heavy (non-hydrogen) atoms. The van der Waals surface area contributed by atoms with E-state index < -0.39 is 29.6 Å². The van der Waals surface area contributed by atoms with Gasteiger partial charge in [0.2, 0.25) is 0 Å². The Morgan fingerprint density at radius 2 is 1.96 bits per heavy atom. The first-order chi connectivity index (χ1) is 12.3. The summed E-state index contributed by atoms with van der Waals surface area (Å²) in [5.41, 5.74) is 0.374. The zero-order valence-electron chi connectivity index (χ0n) is 13.4. The Bertz CT molecular complexity index is 874. The number of hydrogen-bond donors (Lipinski definition) is 1. The predicted molar refractivity (Wildman–Crippen MR) is 98.7 cm³/mol. The molecule has 0 fully saturated rings. The summed E-state index contributed by atoms with van der Waals surface area (Å²) in [6.45, 7) is 1.36. The smallest absolute Gasteiger partial charge is 0.331 e. The van der Waals surface area contributed by atoms with Crippen LogP contribution in [0.1, 0.15) is 12.5 Å². The fourth-order valence-corrected chi connectivity index (χ4v) is 2.49. The van der Waals surface area contributed by atoms with E-state index in [1.54, 1.807) is 0 Å². The molecule has 0 spiro atoms. The van der Waals surface area contributed by atoms with Gasteiger partial charge in [-0.15, -0.1) is 0 Å². The summed E-state index contributed by atoms with van der Waals surface area (Å²) in [5.74, 6) is -2.52. The molecule has 0 aliphatic heterocycles. The van der Waals surface area contributed by atoms with Gasteiger partial charge in [-0.05, 0) is 49.4 Å². The van der Waals surface area contributed by atoms with Crippen molar-refractivity contribution in [3.05, 3.63) is 69.2 Å². The minimum Gasteiger partial charge on any atom is -0.449 e. The van der Waals surface area contributed by atoms with Gasteiger partial charge in [0.25, 0.3) is 5.91 Å². The van der Waals surface area contributed by atoms with Crippen molar-refractivity contribution >= 4 is 51.2 Å². The van der Waals surface area contributed by atoms with Gasteiger partial charge in [0.1, 0.15) is 11.6 Å². The topological polar surface area (TPSA) is 55.4 Å². The highest BCUT2D eigenvalue weighted by molar-refractivity contribution is 9.10. The predicted octanol–water partition coefficient (Wildman–Crippen LogP) is 4.96. The number of hydrogen-bond acceptors (Lipinski definition) is 3. The lowest BCUT2D eigenvalue weighted by atomic mass is 10.2. The molecule has 136 valence electrons. The monoisotopic (exact) mass is 443 g/mol. The molecule has 0 radical (unpaired) electrons. The van der Waals surface area contributed by atoms with Gasteiger partial charge < -0.3 is 10.1 Å². The van der Waals surface area contributed by atoms with Gasteiger partial charge in [-0.1, -0.05) is 27.5 Å². The zero-order valence-corrected chi connectivity index (χ0v) is 15.8. The van der Waals surface area contributed by atoms with Gasteiger partial charge in [-0.25, -0.2) is 13.6 Å². The van der Waals surface area contributed by atoms with E-state index in [-0.39, 0.29) is 16.3 Å². The minimum atomic E-state index is -1.14. The Kier molecular flexibility index (Phi) is 6.88. The third kappa shape index (κ3) is 5.64. The summed E-state index contributed by atoms with van der Waals surface area (Å²) in [6.07, 6.45) is 1.12. The van der Waals surface area contributed by atoms with Gasteiger partial charge in [-0.3, -0.25) is 4.79 Å². The van der Waals surface area contributed by atoms with E-state index in [1.165, 1.54) is 37.3 Å². The molecule has 1 unspecified atom stereocenters. The lowest BCUT2D eigenvalue weighted by Crippen LogP contribution is -2.29. The lowest BCUT2D eigenvalue weighted by Gasteiger charge is -2.13. The molecular formula is C18H13BrClF2NO3. The summed E-state index contributed by atoms with van der Waals surface area (Å²) < 4.78 is 32.2. The molecule has 0 saturated heterocycles. The second-order valence-corrected chi connectivity index (χ2v) is 6.51. The Morgan fingerprint density at radius 3 is 2.65 bits per heavy atom. The van der Waals surface area contributed by atoms with Crippen LogP contribution in [0.5, 0.6) is 0 Å². The van der Waals surface area contributed by atoms with Crippen molar-refractivity contribution in [2.45, 2.75) is 13.0 Å². The van der Waals surface area contributed by atoms with Crippen molar-refractivity contribution in [1.82, 2.24) is 0 Å². The van der Waals surface area contributed by atoms with Crippen LogP contribution in [0.3, 0.4) is 0 Å². The average Bonchev–Trinajstić information content (AvgIpc) is 2.58. The first-order valence-corrected chi connectivity index (χ1v) is 8.53. The quantitative estimate of drug-likeness (QED) is 0.524.